The average molecular weight is 373 g/mol. The van der Waals surface area contributed by atoms with E-state index in [0.717, 1.165) is 25.7 Å². The van der Waals surface area contributed by atoms with E-state index in [-0.39, 0.29) is 29.3 Å². The average Bonchev–Trinajstić information content (AvgIpc) is 2.55. The quantitative estimate of drug-likeness (QED) is 0.432. The van der Waals surface area contributed by atoms with Crippen LogP contribution in [0.3, 0.4) is 0 Å². The van der Waals surface area contributed by atoms with E-state index < -0.39 is 0 Å². The van der Waals surface area contributed by atoms with E-state index in [4.69, 9.17) is 9.47 Å². The van der Waals surface area contributed by atoms with Crippen LogP contribution in [0.4, 0.5) is 0 Å². The van der Waals surface area contributed by atoms with Crippen LogP contribution in [0.2, 0.25) is 0 Å². The molecule has 0 fully saturated rings. The van der Waals surface area contributed by atoms with E-state index in [0.29, 0.717) is 32.8 Å². The van der Waals surface area contributed by atoms with E-state index in [1.165, 1.54) is 0 Å². The molecule has 0 spiro atoms. The molecule has 6 nitrogen and oxygen atoms in total. The summed E-state index contributed by atoms with van der Waals surface area (Å²) in [5.41, 5.74) is -0.116. The Morgan fingerprint density at radius 1 is 1.00 bits per heavy atom. The molecule has 0 aromatic carbocycles. The smallest absolute Gasteiger partial charge is 0.222 e. The summed E-state index contributed by atoms with van der Waals surface area (Å²) in [5, 5.41) is 5.98. The minimum absolute atomic E-state index is 0.0133. The Labute approximate surface area is 159 Å². The number of ether oxygens (including phenoxy) is 2. The van der Waals surface area contributed by atoms with Crippen LogP contribution in [0.15, 0.2) is 0 Å². The maximum atomic E-state index is 12.0. The molecular formula is C20H40N2O4. The van der Waals surface area contributed by atoms with Crippen LogP contribution >= 0.6 is 0 Å². The van der Waals surface area contributed by atoms with Crippen LogP contribution < -0.4 is 10.6 Å². The zero-order chi connectivity index (χ0) is 20.0. The summed E-state index contributed by atoms with van der Waals surface area (Å²) in [6.07, 6.45) is 3.81. The summed E-state index contributed by atoms with van der Waals surface area (Å²) in [6, 6.07) is -0.0821. The zero-order valence-electron chi connectivity index (χ0n) is 17.7. The molecule has 0 aromatic rings. The van der Waals surface area contributed by atoms with Crippen molar-refractivity contribution >= 4 is 11.7 Å². The van der Waals surface area contributed by atoms with Crippen molar-refractivity contribution in [3.63, 3.8) is 0 Å². The Morgan fingerprint density at radius 3 is 2.27 bits per heavy atom. The summed E-state index contributed by atoms with van der Waals surface area (Å²) in [7, 11) is 1.82. The fourth-order valence-electron chi connectivity index (χ4n) is 2.43. The van der Waals surface area contributed by atoms with E-state index in [1.54, 1.807) is 0 Å². The molecule has 6 heteroatoms. The molecule has 0 aliphatic heterocycles. The van der Waals surface area contributed by atoms with Gasteiger partial charge in [0.05, 0.1) is 18.2 Å². The van der Waals surface area contributed by atoms with Gasteiger partial charge in [-0.15, -0.1) is 0 Å². The van der Waals surface area contributed by atoms with Gasteiger partial charge in [-0.25, -0.2) is 0 Å². The van der Waals surface area contributed by atoms with Crippen LogP contribution in [0.5, 0.6) is 0 Å². The molecular weight excluding hydrogens is 332 g/mol. The molecule has 26 heavy (non-hydrogen) atoms. The second-order valence-electron chi connectivity index (χ2n) is 7.92. The Kier molecular flexibility index (Phi) is 13.6. The third-order valence-electron chi connectivity index (χ3n) is 3.94. The lowest BCUT2D eigenvalue weighted by Crippen LogP contribution is -2.36. The molecule has 0 rings (SSSR count). The molecule has 0 radical (unpaired) electrons. The molecule has 0 saturated heterocycles. The molecule has 0 aliphatic rings. The highest BCUT2D eigenvalue weighted by molar-refractivity contribution is 5.85. The van der Waals surface area contributed by atoms with Gasteiger partial charge in [0.25, 0.3) is 0 Å². The van der Waals surface area contributed by atoms with Crippen molar-refractivity contribution in [3.05, 3.63) is 0 Å². The summed E-state index contributed by atoms with van der Waals surface area (Å²) in [6.45, 7) is 12.3. The highest BCUT2D eigenvalue weighted by Crippen LogP contribution is 2.08. The fourth-order valence-corrected chi connectivity index (χ4v) is 2.43. The first kappa shape index (κ1) is 25.0. The van der Waals surface area contributed by atoms with Crippen LogP contribution in [0, 0.1) is 5.92 Å². The lowest BCUT2D eigenvalue weighted by molar-refractivity contribution is -0.124. The third-order valence-corrected chi connectivity index (χ3v) is 3.94. The van der Waals surface area contributed by atoms with Crippen molar-refractivity contribution in [1.82, 2.24) is 10.6 Å². The monoisotopic (exact) mass is 372 g/mol. The maximum absolute atomic E-state index is 12.0. The molecule has 0 saturated carbocycles. The number of Topliss-reactive ketones (excluding diaryl/α,β-unsaturated/α-hetero) is 1. The van der Waals surface area contributed by atoms with Gasteiger partial charge >= 0.3 is 0 Å². The minimum atomic E-state index is -0.116. The van der Waals surface area contributed by atoms with Crippen molar-refractivity contribution in [2.45, 2.75) is 78.4 Å². The van der Waals surface area contributed by atoms with E-state index in [9.17, 15) is 9.59 Å². The first-order chi connectivity index (χ1) is 12.2. The number of carbonyl (C=O) groups is 2. The van der Waals surface area contributed by atoms with Crippen molar-refractivity contribution in [2.75, 3.05) is 33.4 Å². The highest BCUT2D eigenvalue weighted by atomic mass is 16.5. The Bertz CT molecular complexity index is 392. The van der Waals surface area contributed by atoms with Gasteiger partial charge < -0.3 is 20.1 Å². The van der Waals surface area contributed by atoms with E-state index >= 15 is 0 Å². The van der Waals surface area contributed by atoms with Gasteiger partial charge in [0, 0.05) is 32.1 Å². The predicted octanol–water partition coefficient (Wildman–Crippen LogP) is 2.70. The molecule has 154 valence electrons. The molecule has 0 bridgehead atoms. The van der Waals surface area contributed by atoms with Crippen LogP contribution in [-0.2, 0) is 19.1 Å². The summed E-state index contributed by atoms with van der Waals surface area (Å²) in [4.78, 5) is 23.7. The SMILES string of the molecule is CNC(CCCCNC(=O)CCOCCCOC(C)(C)C)C(=O)C(C)C. The largest absolute Gasteiger partial charge is 0.381 e. The second kappa shape index (κ2) is 14.1. The number of amides is 1. The van der Waals surface area contributed by atoms with Gasteiger partial charge in [0.15, 0.2) is 5.78 Å². The van der Waals surface area contributed by atoms with Crippen LogP contribution in [0.1, 0.15) is 66.7 Å². The van der Waals surface area contributed by atoms with Crippen LogP contribution in [-0.4, -0.2) is 56.7 Å². The van der Waals surface area contributed by atoms with Gasteiger partial charge in [-0.2, -0.15) is 0 Å². The van der Waals surface area contributed by atoms with Gasteiger partial charge in [0.1, 0.15) is 0 Å². The number of ketones is 1. The lowest BCUT2D eigenvalue weighted by atomic mass is 9.97. The van der Waals surface area contributed by atoms with Crippen molar-refractivity contribution in [3.8, 4) is 0 Å². The summed E-state index contributed by atoms with van der Waals surface area (Å²) in [5.74, 6) is 0.313. The van der Waals surface area contributed by atoms with Gasteiger partial charge in [0.2, 0.25) is 5.91 Å². The molecule has 1 amide bonds. The number of unbranched alkanes of at least 4 members (excludes halogenated alkanes) is 1. The first-order valence-electron chi connectivity index (χ1n) is 9.86. The number of likely N-dealkylation sites (N-methyl/N-ethyl adjacent to an activating group) is 1. The van der Waals surface area contributed by atoms with Crippen molar-refractivity contribution < 1.29 is 19.1 Å². The lowest BCUT2D eigenvalue weighted by Gasteiger charge is -2.19. The Hall–Kier alpha value is -0.980. The van der Waals surface area contributed by atoms with Crippen LogP contribution in [0.25, 0.3) is 0 Å². The Morgan fingerprint density at radius 2 is 1.69 bits per heavy atom. The molecule has 0 heterocycles. The van der Waals surface area contributed by atoms with Crippen molar-refractivity contribution in [2.24, 2.45) is 5.92 Å². The molecule has 0 aliphatic carbocycles. The minimum Gasteiger partial charge on any atom is -0.381 e. The highest BCUT2D eigenvalue weighted by Gasteiger charge is 2.18. The molecule has 2 N–H and O–H groups in total. The standard InChI is InChI=1S/C20H40N2O4/c1-16(2)19(24)17(21-6)10-7-8-12-22-18(23)11-15-25-13-9-14-26-20(3,4)5/h16-17,21H,7-15H2,1-6H3,(H,22,23). The number of hydrogen-bond donors (Lipinski definition) is 2. The van der Waals surface area contributed by atoms with Crippen molar-refractivity contribution in [1.29, 1.82) is 0 Å². The number of nitrogens with one attached hydrogen (secondary N) is 2. The van der Waals surface area contributed by atoms with E-state index in [1.807, 2.05) is 41.7 Å². The van der Waals surface area contributed by atoms with Gasteiger partial charge in [-0.3, -0.25) is 9.59 Å². The summed E-state index contributed by atoms with van der Waals surface area (Å²) >= 11 is 0. The normalized spacial score (nSPS) is 13.0. The number of hydrogen-bond acceptors (Lipinski definition) is 5. The van der Waals surface area contributed by atoms with E-state index in [2.05, 4.69) is 10.6 Å². The predicted molar refractivity (Wildman–Crippen MR) is 105 cm³/mol. The van der Waals surface area contributed by atoms with Gasteiger partial charge in [-0.05, 0) is 53.5 Å². The summed E-state index contributed by atoms with van der Waals surface area (Å²) < 4.78 is 11.1. The second-order valence-corrected chi connectivity index (χ2v) is 7.92. The molecule has 1 unspecified atom stereocenters. The number of rotatable bonds is 15. The first-order valence-corrected chi connectivity index (χ1v) is 9.86. The number of carbonyl (C=O) groups excluding carboxylic acids is 2. The zero-order valence-corrected chi connectivity index (χ0v) is 17.7. The van der Waals surface area contributed by atoms with Gasteiger partial charge in [-0.1, -0.05) is 13.8 Å². The topological polar surface area (TPSA) is 76.7 Å². The molecule has 0 aromatic heterocycles. The maximum Gasteiger partial charge on any atom is 0.222 e. The molecule has 1 atom stereocenters. The fraction of sp³-hybridized carbons (Fsp3) is 0.900. The Balaban J connectivity index is 3.56. The third kappa shape index (κ3) is 14.2.